The van der Waals surface area contributed by atoms with Crippen LogP contribution in [-0.4, -0.2) is 4.98 Å². The number of thiazole rings is 1. The van der Waals surface area contributed by atoms with E-state index < -0.39 is 0 Å². The van der Waals surface area contributed by atoms with Crippen LogP contribution >= 0.6 is 33.9 Å². The zero-order chi connectivity index (χ0) is 8.55. The maximum absolute atomic E-state index is 5.25. The second kappa shape index (κ2) is 3.15. The fourth-order valence-electron chi connectivity index (χ4n) is 0.960. The molecule has 2 rings (SSSR count). The van der Waals surface area contributed by atoms with Crippen LogP contribution in [-0.2, 0) is 0 Å². The maximum Gasteiger partial charge on any atom is 0.198 e. The van der Waals surface area contributed by atoms with E-state index in [4.69, 9.17) is 5.84 Å². The maximum atomic E-state index is 5.25. The van der Waals surface area contributed by atoms with E-state index >= 15 is 0 Å². The second-order valence-corrected chi connectivity index (χ2v) is 4.55. The predicted molar refractivity (Wildman–Crippen MR) is 60.1 cm³/mol. The van der Waals surface area contributed by atoms with Crippen molar-refractivity contribution in [3.05, 3.63) is 21.8 Å². The number of hydrogen-bond donors (Lipinski definition) is 2. The van der Waals surface area contributed by atoms with Crippen molar-refractivity contribution in [2.75, 3.05) is 5.43 Å². The fraction of sp³-hybridized carbons (Fsp3) is 0. The Morgan fingerprint density at radius 2 is 2.33 bits per heavy atom. The number of benzene rings is 1. The van der Waals surface area contributed by atoms with Gasteiger partial charge in [-0.1, -0.05) is 11.3 Å². The van der Waals surface area contributed by atoms with Gasteiger partial charge in [0.05, 0.1) is 10.2 Å². The van der Waals surface area contributed by atoms with E-state index in [2.05, 4.69) is 39.1 Å². The second-order valence-electron chi connectivity index (χ2n) is 2.28. The SMILES string of the molecule is NNc1nc2ccc(I)cc2s1. The zero-order valence-electron chi connectivity index (χ0n) is 6.04. The van der Waals surface area contributed by atoms with Gasteiger partial charge in [0.2, 0.25) is 0 Å². The molecule has 0 aliphatic carbocycles. The molecule has 0 radical (unpaired) electrons. The monoisotopic (exact) mass is 291 g/mol. The van der Waals surface area contributed by atoms with Gasteiger partial charge in [0.25, 0.3) is 0 Å². The summed E-state index contributed by atoms with van der Waals surface area (Å²) in [6.07, 6.45) is 0. The molecule has 3 N–H and O–H groups in total. The normalized spacial score (nSPS) is 10.5. The first kappa shape index (κ1) is 8.21. The highest BCUT2D eigenvalue weighted by Crippen LogP contribution is 2.26. The van der Waals surface area contributed by atoms with Gasteiger partial charge < -0.3 is 0 Å². The third-order valence-electron chi connectivity index (χ3n) is 1.47. The van der Waals surface area contributed by atoms with Crippen LogP contribution in [0.5, 0.6) is 0 Å². The molecule has 0 aliphatic heterocycles. The molecule has 0 unspecified atom stereocenters. The van der Waals surface area contributed by atoms with Gasteiger partial charge >= 0.3 is 0 Å². The topological polar surface area (TPSA) is 50.9 Å². The summed E-state index contributed by atoms with van der Waals surface area (Å²) < 4.78 is 2.38. The number of hydrogen-bond acceptors (Lipinski definition) is 4. The van der Waals surface area contributed by atoms with E-state index in [-0.39, 0.29) is 0 Å². The number of fused-ring (bicyclic) bond motifs is 1. The highest BCUT2D eigenvalue weighted by molar-refractivity contribution is 14.1. The van der Waals surface area contributed by atoms with Crippen molar-refractivity contribution < 1.29 is 0 Å². The van der Waals surface area contributed by atoms with Crippen LogP contribution in [0.25, 0.3) is 10.2 Å². The molecule has 62 valence electrons. The van der Waals surface area contributed by atoms with Gasteiger partial charge in [0, 0.05) is 3.57 Å². The van der Waals surface area contributed by atoms with Crippen molar-refractivity contribution >= 4 is 49.3 Å². The van der Waals surface area contributed by atoms with Gasteiger partial charge in [-0.25, -0.2) is 10.8 Å². The molecule has 0 bridgehead atoms. The summed E-state index contributed by atoms with van der Waals surface area (Å²) in [7, 11) is 0. The highest BCUT2D eigenvalue weighted by atomic mass is 127. The van der Waals surface area contributed by atoms with Crippen molar-refractivity contribution in [2.24, 2.45) is 5.84 Å². The summed E-state index contributed by atoms with van der Waals surface area (Å²) in [5.41, 5.74) is 3.53. The Balaban J connectivity index is 2.67. The molecule has 0 aliphatic rings. The van der Waals surface area contributed by atoms with Crippen molar-refractivity contribution in [3.8, 4) is 0 Å². The molecule has 2 aromatic rings. The van der Waals surface area contributed by atoms with Crippen LogP contribution < -0.4 is 11.3 Å². The average Bonchev–Trinajstić information content (AvgIpc) is 2.46. The number of aromatic nitrogens is 1. The van der Waals surface area contributed by atoms with Gasteiger partial charge in [0.1, 0.15) is 0 Å². The van der Waals surface area contributed by atoms with Crippen LogP contribution in [0.2, 0.25) is 0 Å². The number of nitrogens with one attached hydrogen (secondary N) is 1. The number of nitrogen functional groups attached to an aromatic ring is 1. The van der Waals surface area contributed by atoms with Crippen LogP contribution in [0, 0.1) is 3.57 Å². The fourth-order valence-corrected chi connectivity index (χ4v) is 2.48. The lowest BCUT2D eigenvalue weighted by atomic mass is 10.3. The third kappa shape index (κ3) is 1.39. The molecule has 1 aromatic carbocycles. The molecular formula is C7H6IN3S. The molecule has 0 saturated carbocycles. The molecular weight excluding hydrogens is 285 g/mol. The van der Waals surface area contributed by atoms with Gasteiger partial charge in [0.15, 0.2) is 5.13 Å². The quantitative estimate of drug-likeness (QED) is 0.481. The number of hydrazine groups is 1. The van der Waals surface area contributed by atoms with E-state index in [0.29, 0.717) is 0 Å². The van der Waals surface area contributed by atoms with Crippen molar-refractivity contribution in [2.45, 2.75) is 0 Å². The van der Waals surface area contributed by atoms with Crippen molar-refractivity contribution in [1.82, 2.24) is 4.98 Å². The van der Waals surface area contributed by atoms with E-state index in [9.17, 15) is 0 Å². The minimum absolute atomic E-state index is 0.756. The van der Waals surface area contributed by atoms with Crippen molar-refractivity contribution in [1.29, 1.82) is 0 Å². The van der Waals surface area contributed by atoms with Crippen molar-refractivity contribution in [3.63, 3.8) is 0 Å². The Hall–Kier alpha value is -0.400. The van der Waals surface area contributed by atoms with Gasteiger partial charge in [-0.15, -0.1) is 0 Å². The number of nitrogens with two attached hydrogens (primary N) is 1. The lowest BCUT2D eigenvalue weighted by Crippen LogP contribution is -2.05. The largest absolute Gasteiger partial charge is 0.300 e. The summed E-state index contributed by atoms with van der Waals surface area (Å²) >= 11 is 3.84. The molecule has 0 atom stereocenters. The minimum Gasteiger partial charge on any atom is -0.300 e. The first-order chi connectivity index (χ1) is 5.79. The van der Waals surface area contributed by atoms with Crippen LogP contribution in [0.3, 0.4) is 0 Å². The summed E-state index contributed by atoms with van der Waals surface area (Å²) in [6, 6.07) is 6.12. The number of halogens is 1. The summed E-state index contributed by atoms with van der Waals surface area (Å²) in [6.45, 7) is 0. The summed E-state index contributed by atoms with van der Waals surface area (Å²) in [4.78, 5) is 4.25. The Labute approximate surface area is 87.1 Å². The molecule has 1 aromatic heterocycles. The molecule has 0 fully saturated rings. The Morgan fingerprint density at radius 3 is 3.08 bits per heavy atom. The summed E-state index contributed by atoms with van der Waals surface area (Å²) in [5, 5.41) is 0.756. The smallest absolute Gasteiger partial charge is 0.198 e. The van der Waals surface area contributed by atoms with E-state index in [1.807, 2.05) is 12.1 Å². The van der Waals surface area contributed by atoms with Crippen LogP contribution in [0.15, 0.2) is 18.2 Å². The lowest BCUT2D eigenvalue weighted by Gasteiger charge is -1.86. The molecule has 0 saturated heterocycles. The molecule has 5 heteroatoms. The first-order valence-corrected chi connectivity index (χ1v) is 5.22. The average molecular weight is 291 g/mol. The van der Waals surface area contributed by atoms with Gasteiger partial charge in [-0.2, -0.15) is 0 Å². The molecule has 0 spiro atoms. The third-order valence-corrected chi connectivity index (χ3v) is 3.09. The molecule has 1 heterocycles. The molecule has 3 nitrogen and oxygen atoms in total. The number of rotatable bonds is 1. The van der Waals surface area contributed by atoms with Gasteiger partial charge in [-0.3, -0.25) is 5.43 Å². The number of anilines is 1. The van der Waals surface area contributed by atoms with Crippen LogP contribution in [0.1, 0.15) is 0 Å². The first-order valence-electron chi connectivity index (χ1n) is 3.32. The zero-order valence-corrected chi connectivity index (χ0v) is 9.02. The number of nitrogens with zero attached hydrogens (tertiary/aromatic N) is 1. The highest BCUT2D eigenvalue weighted by Gasteiger charge is 2.01. The standard InChI is InChI=1S/C7H6IN3S/c8-4-1-2-5-6(3-4)12-7(10-5)11-9/h1-3H,9H2,(H,10,11). The lowest BCUT2D eigenvalue weighted by molar-refractivity contribution is 1.31. The predicted octanol–water partition coefficient (Wildman–Crippen LogP) is 2.19. The minimum atomic E-state index is 0.756. The molecule has 0 amide bonds. The molecule has 12 heavy (non-hydrogen) atoms. The van der Waals surface area contributed by atoms with Gasteiger partial charge in [-0.05, 0) is 40.8 Å². The van der Waals surface area contributed by atoms with E-state index in [1.165, 1.54) is 3.57 Å². The van der Waals surface area contributed by atoms with E-state index in [1.54, 1.807) is 11.3 Å². The Morgan fingerprint density at radius 1 is 1.50 bits per heavy atom. The van der Waals surface area contributed by atoms with Crippen LogP contribution in [0.4, 0.5) is 5.13 Å². The Bertz CT molecular complexity index is 412. The Kier molecular flexibility index (Phi) is 2.16. The summed E-state index contributed by atoms with van der Waals surface area (Å²) in [5.74, 6) is 5.25. The van der Waals surface area contributed by atoms with E-state index in [0.717, 1.165) is 15.3 Å².